The van der Waals surface area contributed by atoms with Gasteiger partial charge in [-0.2, -0.15) is 0 Å². The van der Waals surface area contributed by atoms with Crippen molar-refractivity contribution in [1.29, 1.82) is 0 Å². The Labute approximate surface area is 124 Å². The lowest BCUT2D eigenvalue weighted by atomic mass is 10.2. The number of anilines is 3. The molecule has 0 aliphatic carbocycles. The lowest BCUT2D eigenvalue weighted by Gasteiger charge is -2.18. The monoisotopic (exact) mass is 281 g/mol. The molecule has 0 bridgehead atoms. The Morgan fingerprint density at radius 2 is 1.52 bits per heavy atom. The zero-order chi connectivity index (χ0) is 14.5. The zero-order valence-electron chi connectivity index (χ0n) is 11.9. The van der Waals surface area contributed by atoms with E-state index in [0.717, 1.165) is 24.5 Å². The fraction of sp³-hybridized carbons (Fsp3) is 0.235. The van der Waals surface area contributed by atoms with Crippen LogP contribution in [0.2, 0.25) is 0 Å². The number of carbonyl (C=O) groups is 1. The van der Waals surface area contributed by atoms with Crippen LogP contribution < -0.4 is 15.5 Å². The molecular weight excluding hydrogens is 262 g/mol. The third-order valence-electron chi connectivity index (χ3n) is 3.61. The minimum Gasteiger partial charge on any atom is -0.371 e. The van der Waals surface area contributed by atoms with Crippen LogP contribution in [0.15, 0.2) is 54.6 Å². The van der Waals surface area contributed by atoms with Crippen LogP contribution in [0.5, 0.6) is 0 Å². The minimum atomic E-state index is -0.222. The number of hydrogen-bond acceptors (Lipinski definition) is 2. The molecular formula is C17H19N3O. The number of nitrogens with one attached hydrogen (secondary N) is 2. The van der Waals surface area contributed by atoms with Crippen molar-refractivity contribution in [2.75, 3.05) is 28.6 Å². The first kappa shape index (κ1) is 13.5. The zero-order valence-corrected chi connectivity index (χ0v) is 11.9. The topological polar surface area (TPSA) is 44.4 Å². The Morgan fingerprint density at radius 1 is 0.857 bits per heavy atom. The van der Waals surface area contributed by atoms with Crippen molar-refractivity contribution >= 4 is 23.1 Å². The van der Waals surface area contributed by atoms with Crippen molar-refractivity contribution in [3.63, 3.8) is 0 Å². The summed E-state index contributed by atoms with van der Waals surface area (Å²) in [6, 6.07) is 17.2. The summed E-state index contributed by atoms with van der Waals surface area (Å²) in [4.78, 5) is 14.3. The Morgan fingerprint density at radius 3 is 2.29 bits per heavy atom. The van der Waals surface area contributed by atoms with Gasteiger partial charge in [-0.1, -0.05) is 24.3 Å². The highest BCUT2D eigenvalue weighted by Gasteiger charge is 2.12. The van der Waals surface area contributed by atoms with E-state index < -0.39 is 0 Å². The highest BCUT2D eigenvalue weighted by Crippen LogP contribution is 2.23. The molecule has 1 aliphatic rings. The van der Waals surface area contributed by atoms with Gasteiger partial charge in [0, 0.05) is 30.2 Å². The largest absolute Gasteiger partial charge is 0.371 e. The van der Waals surface area contributed by atoms with E-state index in [1.54, 1.807) is 0 Å². The number of rotatable bonds is 3. The van der Waals surface area contributed by atoms with E-state index in [2.05, 4.69) is 21.6 Å². The van der Waals surface area contributed by atoms with Crippen LogP contribution in [0.25, 0.3) is 0 Å². The molecule has 3 rings (SSSR count). The van der Waals surface area contributed by atoms with Gasteiger partial charge in [0.15, 0.2) is 0 Å². The molecule has 2 amide bonds. The standard InChI is InChI=1S/C17H19N3O/c21-17(18-14-7-2-1-3-8-14)19-15-9-6-10-16(13-15)20-11-4-5-12-20/h1-3,6-10,13H,4-5,11-12H2,(H2,18,19,21). The third kappa shape index (κ3) is 3.54. The number of hydrogen-bond donors (Lipinski definition) is 2. The van der Waals surface area contributed by atoms with Crippen molar-refractivity contribution in [3.8, 4) is 0 Å². The normalized spacial score (nSPS) is 14.0. The lowest BCUT2D eigenvalue weighted by Crippen LogP contribution is -2.20. The molecule has 1 fully saturated rings. The molecule has 4 nitrogen and oxygen atoms in total. The maximum Gasteiger partial charge on any atom is 0.323 e. The Balaban J connectivity index is 1.64. The highest BCUT2D eigenvalue weighted by atomic mass is 16.2. The fourth-order valence-electron chi connectivity index (χ4n) is 2.57. The molecule has 1 aliphatic heterocycles. The van der Waals surface area contributed by atoms with Gasteiger partial charge in [-0.25, -0.2) is 4.79 Å². The molecule has 0 saturated carbocycles. The van der Waals surface area contributed by atoms with Crippen LogP contribution in [-0.2, 0) is 0 Å². The van der Waals surface area contributed by atoms with Gasteiger partial charge in [-0.05, 0) is 43.2 Å². The second-order valence-electron chi connectivity index (χ2n) is 5.19. The highest BCUT2D eigenvalue weighted by molar-refractivity contribution is 5.99. The van der Waals surface area contributed by atoms with Crippen LogP contribution in [0.3, 0.4) is 0 Å². The molecule has 0 aromatic heterocycles. The number of para-hydroxylation sites is 1. The SMILES string of the molecule is O=C(Nc1ccccc1)Nc1cccc(N2CCCC2)c1. The number of urea groups is 1. The summed E-state index contributed by atoms with van der Waals surface area (Å²) in [6.07, 6.45) is 2.48. The molecule has 4 heteroatoms. The molecule has 2 aromatic carbocycles. The van der Waals surface area contributed by atoms with Crippen molar-refractivity contribution < 1.29 is 4.79 Å². The van der Waals surface area contributed by atoms with Crippen LogP contribution in [0.4, 0.5) is 21.9 Å². The predicted molar refractivity (Wildman–Crippen MR) is 87.0 cm³/mol. The van der Waals surface area contributed by atoms with Crippen molar-refractivity contribution in [2.24, 2.45) is 0 Å². The summed E-state index contributed by atoms with van der Waals surface area (Å²) in [7, 11) is 0. The van der Waals surface area contributed by atoms with E-state index >= 15 is 0 Å². The quantitative estimate of drug-likeness (QED) is 0.895. The second-order valence-corrected chi connectivity index (χ2v) is 5.19. The molecule has 2 N–H and O–H groups in total. The first-order valence-corrected chi connectivity index (χ1v) is 7.29. The summed E-state index contributed by atoms with van der Waals surface area (Å²) in [6.45, 7) is 2.19. The minimum absolute atomic E-state index is 0.222. The molecule has 1 heterocycles. The van der Waals surface area contributed by atoms with Gasteiger partial charge in [-0.15, -0.1) is 0 Å². The molecule has 21 heavy (non-hydrogen) atoms. The lowest BCUT2D eigenvalue weighted by molar-refractivity contribution is 0.262. The van der Waals surface area contributed by atoms with Crippen LogP contribution in [-0.4, -0.2) is 19.1 Å². The maximum atomic E-state index is 12.0. The van der Waals surface area contributed by atoms with Gasteiger partial charge in [0.05, 0.1) is 0 Å². The van der Waals surface area contributed by atoms with E-state index in [-0.39, 0.29) is 6.03 Å². The average Bonchev–Trinajstić information content (AvgIpc) is 3.02. The summed E-state index contributed by atoms with van der Waals surface area (Å²) < 4.78 is 0. The number of benzene rings is 2. The molecule has 1 saturated heterocycles. The van der Waals surface area contributed by atoms with Crippen LogP contribution >= 0.6 is 0 Å². The fourth-order valence-corrected chi connectivity index (χ4v) is 2.57. The number of amides is 2. The first-order chi connectivity index (χ1) is 10.3. The summed E-state index contributed by atoms with van der Waals surface area (Å²) in [5, 5.41) is 5.69. The van der Waals surface area contributed by atoms with E-state index in [4.69, 9.17) is 0 Å². The van der Waals surface area contributed by atoms with Gasteiger partial charge in [0.2, 0.25) is 0 Å². The van der Waals surface area contributed by atoms with Crippen LogP contribution in [0.1, 0.15) is 12.8 Å². The Kier molecular flexibility index (Phi) is 4.05. The predicted octanol–water partition coefficient (Wildman–Crippen LogP) is 3.93. The van der Waals surface area contributed by atoms with E-state index in [0.29, 0.717) is 0 Å². The summed E-state index contributed by atoms with van der Waals surface area (Å²) in [5.41, 5.74) is 2.77. The molecule has 2 aromatic rings. The third-order valence-corrected chi connectivity index (χ3v) is 3.61. The molecule has 0 radical (unpaired) electrons. The molecule has 0 atom stereocenters. The van der Waals surface area contributed by atoms with E-state index in [1.807, 2.05) is 48.5 Å². The Bertz CT molecular complexity index is 606. The summed E-state index contributed by atoms with van der Waals surface area (Å²) >= 11 is 0. The van der Waals surface area contributed by atoms with Gasteiger partial charge < -0.3 is 15.5 Å². The van der Waals surface area contributed by atoms with Gasteiger partial charge >= 0.3 is 6.03 Å². The molecule has 108 valence electrons. The molecule has 0 unspecified atom stereocenters. The first-order valence-electron chi connectivity index (χ1n) is 7.29. The van der Waals surface area contributed by atoms with Crippen LogP contribution in [0, 0.1) is 0 Å². The second kappa shape index (κ2) is 6.31. The van der Waals surface area contributed by atoms with Gasteiger partial charge in [-0.3, -0.25) is 0 Å². The van der Waals surface area contributed by atoms with Crippen molar-refractivity contribution in [3.05, 3.63) is 54.6 Å². The maximum absolute atomic E-state index is 12.0. The van der Waals surface area contributed by atoms with Crippen molar-refractivity contribution in [1.82, 2.24) is 0 Å². The van der Waals surface area contributed by atoms with E-state index in [9.17, 15) is 4.79 Å². The smallest absolute Gasteiger partial charge is 0.323 e. The summed E-state index contributed by atoms with van der Waals surface area (Å²) in [5.74, 6) is 0. The van der Waals surface area contributed by atoms with Crippen molar-refractivity contribution in [2.45, 2.75) is 12.8 Å². The number of carbonyl (C=O) groups excluding carboxylic acids is 1. The Hall–Kier alpha value is -2.49. The number of nitrogens with zero attached hydrogens (tertiary/aromatic N) is 1. The van der Waals surface area contributed by atoms with Gasteiger partial charge in [0.25, 0.3) is 0 Å². The molecule has 0 spiro atoms. The van der Waals surface area contributed by atoms with E-state index in [1.165, 1.54) is 18.5 Å². The van der Waals surface area contributed by atoms with Gasteiger partial charge in [0.1, 0.15) is 0 Å². The average molecular weight is 281 g/mol.